The first-order valence-electron chi connectivity index (χ1n) is 6.84. The number of hydrogen-bond donors (Lipinski definition) is 2. The van der Waals surface area contributed by atoms with E-state index >= 15 is 0 Å². The lowest BCUT2D eigenvalue weighted by molar-refractivity contribution is -0.154. The van der Waals surface area contributed by atoms with Crippen molar-refractivity contribution in [2.24, 2.45) is 0 Å². The van der Waals surface area contributed by atoms with E-state index in [0.29, 0.717) is 18.7 Å². The zero-order valence-corrected chi connectivity index (χ0v) is 12.0. The molecule has 0 radical (unpaired) electrons. The third kappa shape index (κ3) is 5.73. The van der Waals surface area contributed by atoms with Gasteiger partial charge in [-0.15, -0.1) is 0 Å². The molecule has 1 amide bonds. The van der Waals surface area contributed by atoms with Crippen LogP contribution in [-0.4, -0.2) is 24.5 Å². The number of anilines is 1. The fourth-order valence-corrected chi connectivity index (χ4v) is 1.63. The van der Waals surface area contributed by atoms with Gasteiger partial charge in [0, 0.05) is 18.7 Å². The first kappa shape index (κ1) is 16.0. The molecular weight excluding hydrogens is 256 g/mol. The van der Waals surface area contributed by atoms with Crippen molar-refractivity contribution in [3.8, 4) is 0 Å². The van der Waals surface area contributed by atoms with Crippen molar-refractivity contribution in [3.63, 3.8) is 0 Å². The first-order chi connectivity index (χ1) is 9.52. The lowest BCUT2D eigenvalue weighted by Gasteiger charge is -2.13. The van der Waals surface area contributed by atoms with Gasteiger partial charge in [-0.1, -0.05) is 19.1 Å². The number of hydrogen-bond acceptors (Lipinski definition) is 4. The number of benzene rings is 1. The summed E-state index contributed by atoms with van der Waals surface area (Å²) in [6.45, 7) is 4.13. The smallest absolute Gasteiger partial charge is 0.306 e. The van der Waals surface area contributed by atoms with Crippen LogP contribution in [0.4, 0.5) is 5.69 Å². The van der Waals surface area contributed by atoms with Crippen LogP contribution in [0.1, 0.15) is 32.3 Å². The van der Waals surface area contributed by atoms with E-state index in [-0.39, 0.29) is 18.3 Å². The predicted octanol–water partition coefficient (Wildman–Crippen LogP) is 1.66. The fraction of sp³-hybridized carbons (Fsp3) is 0.467. The molecule has 110 valence electrons. The average molecular weight is 278 g/mol. The monoisotopic (exact) mass is 278 g/mol. The number of nitrogen functional groups attached to an aromatic ring is 1. The Morgan fingerprint density at radius 2 is 1.95 bits per heavy atom. The summed E-state index contributed by atoms with van der Waals surface area (Å²) in [6, 6.07) is 7.34. The number of aryl methyl sites for hydroxylation is 1. The minimum Gasteiger partial charge on any atom is -0.453 e. The lowest BCUT2D eigenvalue weighted by atomic mass is 10.1. The van der Waals surface area contributed by atoms with Gasteiger partial charge >= 0.3 is 5.97 Å². The molecule has 0 bridgehead atoms. The quantitative estimate of drug-likeness (QED) is 0.587. The van der Waals surface area contributed by atoms with Gasteiger partial charge in [0.25, 0.3) is 5.91 Å². The first-order valence-corrected chi connectivity index (χ1v) is 6.84. The second kappa shape index (κ2) is 8.19. The zero-order valence-electron chi connectivity index (χ0n) is 12.0. The maximum absolute atomic E-state index is 11.6. The standard InChI is InChI=1S/C15H22N2O3/c1-3-10-17-15(19)11(2)20-14(18)9-6-12-4-7-13(16)8-5-12/h4-5,7-8,11H,3,6,9-10,16H2,1-2H3,(H,17,19). The number of nitrogens with two attached hydrogens (primary N) is 1. The molecule has 0 saturated carbocycles. The summed E-state index contributed by atoms with van der Waals surface area (Å²) in [5.74, 6) is -0.631. The number of amides is 1. The topological polar surface area (TPSA) is 81.4 Å². The number of nitrogens with one attached hydrogen (secondary N) is 1. The van der Waals surface area contributed by atoms with Crippen LogP contribution < -0.4 is 11.1 Å². The molecule has 0 aliphatic carbocycles. The number of esters is 1. The molecule has 0 aliphatic rings. The Balaban J connectivity index is 2.32. The van der Waals surface area contributed by atoms with Gasteiger partial charge < -0.3 is 15.8 Å². The highest BCUT2D eigenvalue weighted by Gasteiger charge is 2.16. The van der Waals surface area contributed by atoms with Crippen LogP contribution >= 0.6 is 0 Å². The van der Waals surface area contributed by atoms with Gasteiger partial charge in [-0.05, 0) is 37.5 Å². The summed E-state index contributed by atoms with van der Waals surface area (Å²) in [7, 11) is 0. The van der Waals surface area contributed by atoms with Gasteiger partial charge in [0.15, 0.2) is 6.10 Å². The summed E-state index contributed by atoms with van der Waals surface area (Å²) < 4.78 is 5.08. The van der Waals surface area contributed by atoms with Crippen LogP contribution in [-0.2, 0) is 20.7 Å². The maximum Gasteiger partial charge on any atom is 0.306 e. The molecule has 0 aliphatic heterocycles. The van der Waals surface area contributed by atoms with E-state index in [0.717, 1.165) is 12.0 Å². The molecule has 1 atom stereocenters. The molecule has 5 nitrogen and oxygen atoms in total. The van der Waals surface area contributed by atoms with Crippen molar-refractivity contribution in [3.05, 3.63) is 29.8 Å². The Labute approximate surface area is 119 Å². The SMILES string of the molecule is CCCNC(=O)C(C)OC(=O)CCc1ccc(N)cc1. The van der Waals surface area contributed by atoms with Crippen molar-refractivity contribution in [2.75, 3.05) is 12.3 Å². The third-order valence-electron chi connectivity index (χ3n) is 2.82. The van der Waals surface area contributed by atoms with Crippen molar-refractivity contribution < 1.29 is 14.3 Å². The van der Waals surface area contributed by atoms with E-state index in [1.165, 1.54) is 0 Å². The molecule has 1 aromatic rings. The number of carbonyl (C=O) groups excluding carboxylic acids is 2. The maximum atomic E-state index is 11.6. The predicted molar refractivity (Wildman–Crippen MR) is 78.0 cm³/mol. The van der Waals surface area contributed by atoms with E-state index < -0.39 is 6.10 Å². The van der Waals surface area contributed by atoms with Gasteiger partial charge in [0.05, 0.1) is 0 Å². The van der Waals surface area contributed by atoms with Gasteiger partial charge in [-0.3, -0.25) is 9.59 Å². The molecule has 0 aromatic heterocycles. The Morgan fingerprint density at radius 1 is 1.30 bits per heavy atom. The highest BCUT2D eigenvalue weighted by molar-refractivity contribution is 5.83. The highest BCUT2D eigenvalue weighted by atomic mass is 16.5. The van der Waals surface area contributed by atoms with Gasteiger partial charge in [-0.2, -0.15) is 0 Å². The fourth-order valence-electron chi connectivity index (χ4n) is 1.63. The zero-order chi connectivity index (χ0) is 15.0. The summed E-state index contributed by atoms with van der Waals surface area (Å²) in [5.41, 5.74) is 7.29. The number of rotatable bonds is 7. The summed E-state index contributed by atoms with van der Waals surface area (Å²) in [5, 5.41) is 2.69. The molecule has 1 rings (SSSR count). The molecular formula is C15H22N2O3. The van der Waals surface area contributed by atoms with Gasteiger partial charge in [0.1, 0.15) is 0 Å². The van der Waals surface area contributed by atoms with E-state index in [4.69, 9.17) is 10.5 Å². The Hall–Kier alpha value is -2.04. The van der Waals surface area contributed by atoms with Crippen LogP contribution in [0.3, 0.4) is 0 Å². The molecule has 0 spiro atoms. The second-order valence-electron chi connectivity index (χ2n) is 4.66. The molecule has 1 aromatic carbocycles. The van der Waals surface area contributed by atoms with Crippen LogP contribution in [0.25, 0.3) is 0 Å². The van der Waals surface area contributed by atoms with Crippen molar-refractivity contribution in [2.45, 2.75) is 39.2 Å². The van der Waals surface area contributed by atoms with Crippen LogP contribution in [0.5, 0.6) is 0 Å². The molecule has 0 saturated heterocycles. The van der Waals surface area contributed by atoms with Gasteiger partial charge in [-0.25, -0.2) is 0 Å². The molecule has 5 heteroatoms. The van der Waals surface area contributed by atoms with E-state index in [1.54, 1.807) is 19.1 Å². The molecule has 1 unspecified atom stereocenters. The molecule has 3 N–H and O–H groups in total. The average Bonchev–Trinajstić information content (AvgIpc) is 2.44. The van der Waals surface area contributed by atoms with E-state index in [1.807, 2.05) is 19.1 Å². The molecule has 20 heavy (non-hydrogen) atoms. The van der Waals surface area contributed by atoms with Crippen LogP contribution in [0.15, 0.2) is 24.3 Å². The summed E-state index contributed by atoms with van der Waals surface area (Å²) >= 11 is 0. The Kier molecular flexibility index (Phi) is 6.56. The summed E-state index contributed by atoms with van der Waals surface area (Å²) in [4.78, 5) is 23.2. The normalized spacial score (nSPS) is 11.7. The van der Waals surface area contributed by atoms with E-state index in [2.05, 4.69) is 5.32 Å². The number of ether oxygens (including phenoxy) is 1. The molecule has 0 fully saturated rings. The highest BCUT2D eigenvalue weighted by Crippen LogP contribution is 2.08. The van der Waals surface area contributed by atoms with Crippen LogP contribution in [0.2, 0.25) is 0 Å². The minimum atomic E-state index is -0.750. The van der Waals surface area contributed by atoms with Crippen molar-refractivity contribution in [1.29, 1.82) is 0 Å². The largest absolute Gasteiger partial charge is 0.453 e. The van der Waals surface area contributed by atoms with Crippen molar-refractivity contribution in [1.82, 2.24) is 5.32 Å². The number of carbonyl (C=O) groups is 2. The minimum absolute atomic E-state index is 0.245. The lowest BCUT2D eigenvalue weighted by Crippen LogP contribution is -2.36. The van der Waals surface area contributed by atoms with Gasteiger partial charge in [0.2, 0.25) is 0 Å². The molecule has 0 heterocycles. The van der Waals surface area contributed by atoms with E-state index in [9.17, 15) is 9.59 Å². The van der Waals surface area contributed by atoms with Crippen LogP contribution in [0, 0.1) is 0 Å². The Bertz CT molecular complexity index is 443. The third-order valence-corrected chi connectivity index (χ3v) is 2.82. The van der Waals surface area contributed by atoms with Crippen molar-refractivity contribution >= 4 is 17.6 Å². The second-order valence-corrected chi connectivity index (χ2v) is 4.66. The summed E-state index contributed by atoms with van der Waals surface area (Å²) in [6.07, 6.45) is 0.918. The Morgan fingerprint density at radius 3 is 2.55 bits per heavy atom.